The molecule has 4 heteroatoms. The van der Waals surface area contributed by atoms with E-state index in [1.807, 2.05) is 6.92 Å². The number of hydrogen-bond acceptors (Lipinski definition) is 3. The van der Waals surface area contributed by atoms with Crippen LogP contribution in [0.1, 0.15) is 33.6 Å². The molecule has 4 nitrogen and oxygen atoms in total. The third-order valence-electron chi connectivity index (χ3n) is 2.30. The fourth-order valence-corrected chi connectivity index (χ4v) is 1.47. The van der Waals surface area contributed by atoms with Crippen molar-refractivity contribution < 1.29 is 19.4 Å². The first-order chi connectivity index (χ1) is 7.54. The summed E-state index contributed by atoms with van der Waals surface area (Å²) in [4.78, 5) is 22.5. The molecule has 0 radical (unpaired) electrons. The number of carboxylic acids is 1. The van der Waals surface area contributed by atoms with Gasteiger partial charge in [-0.3, -0.25) is 9.59 Å². The third-order valence-corrected chi connectivity index (χ3v) is 2.30. The summed E-state index contributed by atoms with van der Waals surface area (Å²) in [6, 6.07) is 0. The largest absolute Gasteiger partial charge is 0.481 e. The van der Waals surface area contributed by atoms with Crippen molar-refractivity contribution in [3.8, 4) is 11.8 Å². The fraction of sp³-hybridized carbons (Fsp3) is 0.667. The molecule has 2 atom stereocenters. The molecule has 0 aliphatic heterocycles. The number of hydrogen-bond donors (Lipinski definition) is 1. The van der Waals surface area contributed by atoms with Crippen LogP contribution in [-0.4, -0.2) is 23.7 Å². The van der Waals surface area contributed by atoms with E-state index in [0.29, 0.717) is 6.42 Å². The Morgan fingerprint density at radius 1 is 1.44 bits per heavy atom. The molecule has 0 aromatic heterocycles. The van der Waals surface area contributed by atoms with Crippen molar-refractivity contribution in [3.05, 3.63) is 0 Å². The highest BCUT2D eigenvalue weighted by molar-refractivity contribution is 5.94. The molecule has 0 aliphatic rings. The summed E-state index contributed by atoms with van der Waals surface area (Å²) in [7, 11) is 0. The van der Waals surface area contributed by atoms with Crippen LogP contribution < -0.4 is 0 Å². The van der Waals surface area contributed by atoms with Gasteiger partial charge < -0.3 is 9.84 Å². The quantitative estimate of drug-likeness (QED) is 0.425. The first-order valence-corrected chi connectivity index (χ1v) is 5.33. The van der Waals surface area contributed by atoms with Crippen LogP contribution in [-0.2, 0) is 14.3 Å². The molecule has 0 aliphatic carbocycles. The monoisotopic (exact) mass is 226 g/mol. The van der Waals surface area contributed by atoms with Crippen LogP contribution in [0.3, 0.4) is 0 Å². The number of carboxylic acid groups (broad SMARTS) is 1. The van der Waals surface area contributed by atoms with Gasteiger partial charge in [-0.05, 0) is 19.3 Å². The smallest absolute Gasteiger partial charge is 0.321 e. The molecule has 0 saturated carbocycles. The van der Waals surface area contributed by atoms with E-state index in [4.69, 9.17) is 9.84 Å². The molecule has 0 heterocycles. The van der Waals surface area contributed by atoms with E-state index in [1.165, 1.54) is 0 Å². The van der Waals surface area contributed by atoms with Gasteiger partial charge in [0.15, 0.2) is 12.5 Å². The van der Waals surface area contributed by atoms with Gasteiger partial charge in [-0.15, -0.1) is 5.92 Å². The number of aliphatic carboxylic acids is 1. The molecule has 0 rings (SSSR count). The van der Waals surface area contributed by atoms with E-state index in [1.54, 1.807) is 13.8 Å². The predicted molar refractivity (Wildman–Crippen MR) is 59.6 cm³/mol. The highest BCUT2D eigenvalue weighted by atomic mass is 16.5. The number of rotatable bonds is 6. The standard InChI is InChI=1S/C12H18O4/c1-4-6-8-16-12(15)10(11(13)14)9(3)7-5-2/h9-10H,5,7-8H2,1-3H3,(H,13,14). The first-order valence-electron chi connectivity index (χ1n) is 5.33. The summed E-state index contributed by atoms with van der Waals surface area (Å²) in [5, 5.41) is 8.96. The second-order valence-electron chi connectivity index (χ2n) is 3.62. The number of carbonyl (C=O) groups excluding carboxylic acids is 1. The highest BCUT2D eigenvalue weighted by Crippen LogP contribution is 2.19. The summed E-state index contributed by atoms with van der Waals surface area (Å²) in [5.74, 6) is 2.00. The number of carbonyl (C=O) groups is 2. The van der Waals surface area contributed by atoms with E-state index in [9.17, 15) is 9.59 Å². The zero-order valence-corrected chi connectivity index (χ0v) is 9.95. The van der Waals surface area contributed by atoms with Crippen molar-refractivity contribution in [2.24, 2.45) is 11.8 Å². The zero-order valence-electron chi connectivity index (χ0n) is 9.95. The van der Waals surface area contributed by atoms with Crippen molar-refractivity contribution >= 4 is 11.9 Å². The zero-order chi connectivity index (χ0) is 12.6. The molecule has 2 unspecified atom stereocenters. The lowest BCUT2D eigenvalue weighted by Crippen LogP contribution is -2.31. The Hall–Kier alpha value is -1.50. The van der Waals surface area contributed by atoms with Crippen LogP contribution in [0.15, 0.2) is 0 Å². The van der Waals surface area contributed by atoms with Gasteiger partial charge in [0.05, 0.1) is 0 Å². The van der Waals surface area contributed by atoms with E-state index >= 15 is 0 Å². The van der Waals surface area contributed by atoms with Gasteiger partial charge in [-0.25, -0.2) is 0 Å². The van der Waals surface area contributed by atoms with Crippen molar-refractivity contribution in [2.45, 2.75) is 33.6 Å². The van der Waals surface area contributed by atoms with Gasteiger partial charge in [0.2, 0.25) is 0 Å². The molecule has 0 amide bonds. The average Bonchev–Trinajstić information content (AvgIpc) is 2.18. The fourth-order valence-electron chi connectivity index (χ4n) is 1.47. The molecule has 0 fully saturated rings. The lowest BCUT2D eigenvalue weighted by Gasteiger charge is -2.17. The molecule has 0 spiro atoms. The molecule has 0 aromatic rings. The number of esters is 1. The Morgan fingerprint density at radius 3 is 2.50 bits per heavy atom. The Kier molecular flexibility index (Phi) is 7.02. The van der Waals surface area contributed by atoms with Crippen molar-refractivity contribution in [1.29, 1.82) is 0 Å². The lowest BCUT2D eigenvalue weighted by molar-refractivity contribution is -0.160. The Morgan fingerprint density at radius 2 is 2.06 bits per heavy atom. The lowest BCUT2D eigenvalue weighted by atomic mass is 9.90. The normalized spacial score (nSPS) is 13.2. The summed E-state index contributed by atoms with van der Waals surface area (Å²) in [6.07, 6.45) is 1.53. The highest BCUT2D eigenvalue weighted by Gasteiger charge is 2.32. The Labute approximate surface area is 96.0 Å². The third kappa shape index (κ3) is 4.83. The van der Waals surface area contributed by atoms with E-state index in [-0.39, 0.29) is 12.5 Å². The van der Waals surface area contributed by atoms with Crippen molar-refractivity contribution in [2.75, 3.05) is 6.61 Å². The molecular weight excluding hydrogens is 208 g/mol. The molecule has 90 valence electrons. The summed E-state index contributed by atoms with van der Waals surface area (Å²) in [6.45, 7) is 5.28. The summed E-state index contributed by atoms with van der Waals surface area (Å²) < 4.78 is 4.78. The van der Waals surface area contributed by atoms with Crippen molar-refractivity contribution in [1.82, 2.24) is 0 Å². The van der Waals surface area contributed by atoms with Crippen LogP contribution in [0.25, 0.3) is 0 Å². The maximum Gasteiger partial charge on any atom is 0.321 e. The van der Waals surface area contributed by atoms with Crippen LogP contribution in [0.4, 0.5) is 0 Å². The van der Waals surface area contributed by atoms with Gasteiger partial charge >= 0.3 is 11.9 Å². The minimum Gasteiger partial charge on any atom is -0.481 e. The SMILES string of the molecule is CC#CCOC(=O)C(C(=O)O)C(C)CCC. The molecule has 0 aromatic carbocycles. The van der Waals surface area contributed by atoms with Gasteiger partial charge in [-0.2, -0.15) is 0 Å². The molecule has 0 bridgehead atoms. The molecule has 1 N–H and O–H groups in total. The van der Waals surface area contributed by atoms with Gasteiger partial charge in [0, 0.05) is 0 Å². The minimum absolute atomic E-state index is 0.0437. The average molecular weight is 226 g/mol. The number of ether oxygens (including phenoxy) is 1. The molecular formula is C12H18O4. The predicted octanol–water partition coefficient (Wildman–Crippen LogP) is 1.69. The molecule has 16 heavy (non-hydrogen) atoms. The second-order valence-corrected chi connectivity index (χ2v) is 3.62. The molecule has 0 saturated heterocycles. The Balaban J connectivity index is 4.44. The van der Waals surface area contributed by atoms with Gasteiger partial charge in [0.1, 0.15) is 0 Å². The second kappa shape index (κ2) is 7.75. The van der Waals surface area contributed by atoms with Gasteiger partial charge in [-0.1, -0.05) is 26.2 Å². The summed E-state index contributed by atoms with van der Waals surface area (Å²) in [5.41, 5.74) is 0. The minimum atomic E-state index is -1.13. The van der Waals surface area contributed by atoms with Crippen LogP contribution in [0.2, 0.25) is 0 Å². The van der Waals surface area contributed by atoms with Gasteiger partial charge in [0.25, 0.3) is 0 Å². The van der Waals surface area contributed by atoms with Crippen LogP contribution in [0.5, 0.6) is 0 Å². The van der Waals surface area contributed by atoms with Crippen LogP contribution in [0, 0.1) is 23.7 Å². The van der Waals surface area contributed by atoms with E-state index in [0.717, 1.165) is 6.42 Å². The summed E-state index contributed by atoms with van der Waals surface area (Å²) >= 11 is 0. The Bertz CT molecular complexity index is 298. The van der Waals surface area contributed by atoms with Crippen molar-refractivity contribution in [3.63, 3.8) is 0 Å². The van der Waals surface area contributed by atoms with E-state index in [2.05, 4.69) is 11.8 Å². The maximum atomic E-state index is 11.5. The maximum absolute atomic E-state index is 11.5. The van der Waals surface area contributed by atoms with E-state index < -0.39 is 17.9 Å². The first kappa shape index (κ1) is 14.5. The van der Waals surface area contributed by atoms with Crippen LogP contribution >= 0.6 is 0 Å². The topological polar surface area (TPSA) is 63.6 Å².